The van der Waals surface area contributed by atoms with Crippen LogP contribution in [0.15, 0.2) is 109 Å². The topological polar surface area (TPSA) is 54.5 Å². The summed E-state index contributed by atoms with van der Waals surface area (Å²) in [5.74, 6) is 0.791. The van der Waals surface area contributed by atoms with Gasteiger partial charge in [0.1, 0.15) is 0 Å². The van der Waals surface area contributed by atoms with Gasteiger partial charge < -0.3 is 0 Å². The van der Waals surface area contributed by atoms with Crippen molar-refractivity contribution in [2.45, 2.75) is 0 Å². The molecule has 0 saturated carbocycles. The molecular formula is C31H18N4. The van der Waals surface area contributed by atoms with Crippen LogP contribution in [0.4, 0.5) is 0 Å². The third kappa shape index (κ3) is 2.92. The Bertz CT molecular complexity index is 1920. The fraction of sp³-hybridized carbons (Fsp3) is 0. The number of benzene rings is 5. The van der Waals surface area contributed by atoms with E-state index in [0.717, 1.165) is 49.8 Å². The Labute approximate surface area is 201 Å². The first kappa shape index (κ1) is 19.5. The summed E-state index contributed by atoms with van der Waals surface area (Å²) in [5.41, 5.74) is 6.58. The van der Waals surface area contributed by atoms with Crippen molar-refractivity contribution in [1.82, 2.24) is 14.5 Å². The molecule has 4 heteroatoms. The Morgan fingerprint density at radius 1 is 0.657 bits per heavy atom. The normalized spacial score (nSPS) is 11.4. The minimum Gasteiger partial charge on any atom is -0.292 e. The van der Waals surface area contributed by atoms with Gasteiger partial charge in [-0.15, -0.1) is 0 Å². The first-order chi connectivity index (χ1) is 17.3. The van der Waals surface area contributed by atoms with Gasteiger partial charge in [-0.25, -0.2) is 4.98 Å². The number of fused-ring (bicyclic) bond motifs is 6. The Kier molecular flexibility index (Phi) is 4.18. The average molecular weight is 447 g/mol. The van der Waals surface area contributed by atoms with E-state index in [0.29, 0.717) is 5.56 Å². The third-order valence-electron chi connectivity index (χ3n) is 6.65. The summed E-state index contributed by atoms with van der Waals surface area (Å²) >= 11 is 0. The van der Waals surface area contributed by atoms with E-state index in [1.54, 1.807) is 0 Å². The number of rotatable bonds is 2. The van der Waals surface area contributed by atoms with Gasteiger partial charge in [0.15, 0.2) is 5.82 Å². The van der Waals surface area contributed by atoms with Crippen LogP contribution >= 0.6 is 0 Å². The van der Waals surface area contributed by atoms with Gasteiger partial charge in [0.25, 0.3) is 0 Å². The Hall–Kier alpha value is -5.01. The molecule has 0 aliphatic heterocycles. The molecule has 0 aliphatic rings. The van der Waals surface area contributed by atoms with Crippen LogP contribution in [0.25, 0.3) is 60.6 Å². The van der Waals surface area contributed by atoms with Gasteiger partial charge in [-0.05, 0) is 46.8 Å². The molecule has 0 radical (unpaired) electrons. The van der Waals surface area contributed by atoms with Crippen molar-refractivity contribution in [3.05, 3.63) is 115 Å². The van der Waals surface area contributed by atoms with Crippen molar-refractivity contribution >= 4 is 43.6 Å². The highest BCUT2D eigenvalue weighted by Gasteiger charge is 2.15. The van der Waals surface area contributed by atoms with Crippen LogP contribution in [0.2, 0.25) is 0 Å². The Morgan fingerprint density at radius 3 is 2.03 bits per heavy atom. The van der Waals surface area contributed by atoms with Crippen LogP contribution < -0.4 is 0 Å². The Morgan fingerprint density at radius 2 is 1.31 bits per heavy atom. The number of nitrogens with zero attached hydrogens (tertiary/aromatic N) is 4. The van der Waals surface area contributed by atoms with Gasteiger partial charge in [-0.1, -0.05) is 72.8 Å². The zero-order valence-corrected chi connectivity index (χ0v) is 18.7. The van der Waals surface area contributed by atoms with Gasteiger partial charge in [0.2, 0.25) is 0 Å². The van der Waals surface area contributed by atoms with E-state index < -0.39 is 0 Å². The number of hydrogen-bond acceptors (Lipinski definition) is 3. The molecule has 5 aromatic carbocycles. The van der Waals surface area contributed by atoms with Crippen molar-refractivity contribution in [2.75, 3.05) is 0 Å². The highest BCUT2D eigenvalue weighted by molar-refractivity contribution is 6.12. The molecule has 7 rings (SSSR count). The molecular weight excluding hydrogens is 428 g/mol. The standard InChI is InChI=1S/C31H18N4/c32-18-20-8-7-9-21(16-20)26-17-27-31(25-13-2-1-10-22(25)26)34-30(19-33-27)35-28-14-5-3-11-23(28)24-12-4-6-15-29(24)35/h1-17,19H. The predicted molar refractivity (Wildman–Crippen MR) is 142 cm³/mol. The smallest absolute Gasteiger partial charge is 0.156 e. The monoisotopic (exact) mass is 446 g/mol. The molecule has 2 heterocycles. The molecule has 0 amide bonds. The maximum Gasteiger partial charge on any atom is 0.156 e. The third-order valence-corrected chi connectivity index (χ3v) is 6.65. The molecule has 2 aromatic heterocycles. The van der Waals surface area contributed by atoms with Gasteiger partial charge in [-0.3, -0.25) is 9.55 Å². The lowest BCUT2D eigenvalue weighted by Crippen LogP contribution is -2.00. The van der Waals surface area contributed by atoms with Crippen LogP contribution in [0.3, 0.4) is 0 Å². The SMILES string of the molecule is N#Cc1cccc(-c2cc3ncc(-n4c5ccccc5c5ccccc54)nc3c3ccccc23)c1. The molecule has 0 atom stereocenters. The number of nitriles is 1. The van der Waals surface area contributed by atoms with Gasteiger partial charge >= 0.3 is 0 Å². The summed E-state index contributed by atoms with van der Waals surface area (Å²) in [4.78, 5) is 10.0. The maximum atomic E-state index is 9.39. The molecule has 0 saturated heterocycles. The lowest BCUT2D eigenvalue weighted by atomic mass is 9.96. The molecule has 0 aliphatic carbocycles. The van der Waals surface area contributed by atoms with Crippen LogP contribution in [-0.2, 0) is 0 Å². The summed E-state index contributed by atoms with van der Waals surface area (Å²) in [6.45, 7) is 0. The zero-order chi connectivity index (χ0) is 23.4. The molecule has 7 aromatic rings. The molecule has 0 bridgehead atoms. The second-order valence-electron chi connectivity index (χ2n) is 8.63. The minimum atomic E-state index is 0.638. The molecule has 4 nitrogen and oxygen atoms in total. The first-order valence-corrected chi connectivity index (χ1v) is 11.5. The largest absolute Gasteiger partial charge is 0.292 e. The van der Waals surface area contributed by atoms with Crippen LogP contribution in [-0.4, -0.2) is 14.5 Å². The lowest BCUT2D eigenvalue weighted by molar-refractivity contribution is 1.08. The van der Waals surface area contributed by atoms with Crippen LogP contribution in [0, 0.1) is 11.3 Å². The van der Waals surface area contributed by atoms with Gasteiger partial charge in [-0.2, -0.15) is 5.26 Å². The van der Waals surface area contributed by atoms with Crippen LogP contribution in [0.5, 0.6) is 0 Å². The van der Waals surface area contributed by atoms with Gasteiger partial charge in [0, 0.05) is 16.2 Å². The highest BCUT2D eigenvalue weighted by Crippen LogP contribution is 2.35. The lowest BCUT2D eigenvalue weighted by Gasteiger charge is -2.12. The van der Waals surface area contributed by atoms with E-state index in [1.807, 2.05) is 42.6 Å². The summed E-state index contributed by atoms with van der Waals surface area (Å²) in [7, 11) is 0. The average Bonchev–Trinajstić information content (AvgIpc) is 3.27. The van der Waals surface area contributed by atoms with Gasteiger partial charge in [0.05, 0.1) is 39.9 Å². The van der Waals surface area contributed by atoms with Crippen molar-refractivity contribution < 1.29 is 0 Å². The predicted octanol–water partition coefficient (Wildman–Crippen LogP) is 7.42. The van der Waals surface area contributed by atoms with E-state index in [4.69, 9.17) is 9.97 Å². The summed E-state index contributed by atoms with van der Waals surface area (Å²) in [5, 5.41) is 13.9. The zero-order valence-electron chi connectivity index (χ0n) is 18.7. The van der Waals surface area contributed by atoms with E-state index in [-0.39, 0.29) is 0 Å². The van der Waals surface area contributed by atoms with Crippen molar-refractivity contribution in [2.24, 2.45) is 0 Å². The quantitative estimate of drug-likeness (QED) is 0.260. The molecule has 162 valence electrons. The second-order valence-corrected chi connectivity index (χ2v) is 8.63. The Balaban J connectivity index is 1.54. The second kappa shape index (κ2) is 7.51. The summed E-state index contributed by atoms with van der Waals surface area (Å²) in [6.07, 6.45) is 1.85. The fourth-order valence-corrected chi connectivity index (χ4v) is 5.10. The molecule has 0 spiro atoms. The number of para-hydroxylation sites is 2. The van der Waals surface area contributed by atoms with E-state index >= 15 is 0 Å². The summed E-state index contributed by atoms with van der Waals surface area (Å²) in [6, 6.07) is 37.1. The van der Waals surface area contributed by atoms with Crippen molar-refractivity contribution in [1.29, 1.82) is 5.26 Å². The number of hydrogen-bond donors (Lipinski definition) is 0. The maximum absolute atomic E-state index is 9.39. The first-order valence-electron chi connectivity index (χ1n) is 11.5. The summed E-state index contributed by atoms with van der Waals surface area (Å²) < 4.78 is 2.19. The fourth-order valence-electron chi connectivity index (χ4n) is 5.10. The van der Waals surface area contributed by atoms with E-state index in [1.165, 1.54) is 10.8 Å². The molecule has 0 fully saturated rings. The molecule has 35 heavy (non-hydrogen) atoms. The molecule has 0 unspecified atom stereocenters. The molecule has 0 N–H and O–H groups in total. The van der Waals surface area contributed by atoms with Crippen LogP contribution in [0.1, 0.15) is 5.56 Å². The number of aromatic nitrogens is 3. The van der Waals surface area contributed by atoms with E-state index in [2.05, 4.69) is 77.4 Å². The van der Waals surface area contributed by atoms with Crippen molar-refractivity contribution in [3.63, 3.8) is 0 Å². The van der Waals surface area contributed by atoms with Crippen molar-refractivity contribution in [3.8, 4) is 23.0 Å². The van der Waals surface area contributed by atoms with E-state index in [9.17, 15) is 5.26 Å². The highest BCUT2D eigenvalue weighted by atomic mass is 15.1. The minimum absolute atomic E-state index is 0.638.